The zero-order chi connectivity index (χ0) is 24.0. The molecule has 1 amide bonds. The third kappa shape index (κ3) is 4.09. The van der Waals surface area contributed by atoms with E-state index in [1.165, 1.54) is 4.31 Å². The van der Waals surface area contributed by atoms with Crippen LogP contribution in [-0.4, -0.2) is 55.0 Å². The molecule has 0 radical (unpaired) electrons. The second-order valence-corrected chi connectivity index (χ2v) is 12.3. The van der Waals surface area contributed by atoms with E-state index in [1.807, 2.05) is 19.9 Å². The minimum Gasteiger partial charge on any atom is -0.368 e. The maximum absolute atomic E-state index is 12.9. The summed E-state index contributed by atoms with van der Waals surface area (Å²) in [5.41, 5.74) is 5.12. The van der Waals surface area contributed by atoms with Crippen molar-refractivity contribution in [3.63, 3.8) is 0 Å². The lowest BCUT2D eigenvalue weighted by Crippen LogP contribution is -2.54. The molecule has 3 fully saturated rings. The fourth-order valence-corrected chi connectivity index (χ4v) is 7.88. The maximum atomic E-state index is 12.9. The van der Waals surface area contributed by atoms with Crippen molar-refractivity contribution < 1.29 is 13.2 Å². The van der Waals surface area contributed by atoms with Crippen LogP contribution in [0, 0.1) is 29.1 Å². The number of amides is 1. The van der Waals surface area contributed by atoms with Crippen molar-refractivity contribution in [3.05, 3.63) is 23.8 Å². The monoisotopic (exact) mass is 486 g/mol. The van der Waals surface area contributed by atoms with Gasteiger partial charge < -0.3 is 10.6 Å². The summed E-state index contributed by atoms with van der Waals surface area (Å²) in [5, 5.41) is 18.4. The van der Waals surface area contributed by atoms with Gasteiger partial charge in [0.15, 0.2) is 0 Å². The Bertz CT molecular complexity index is 1100. The lowest BCUT2D eigenvalue weighted by molar-refractivity contribution is -0.128. The highest BCUT2D eigenvalue weighted by Crippen LogP contribution is 2.37. The predicted octanol–water partition coefficient (Wildman–Crippen LogP) is 1.99. The van der Waals surface area contributed by atoms with Crippen molar-refractivity contribution in [1.29, 1.82) is 5.26 Å². The SMILES string of the molecule is CC(C)CN1Cc2cc(NC3NN([C@H]4CCCC[C@@H]4C#N)C4CCNC(=O)C34)ccc2S1(=O)=O. The molecule has 3 aliphatic heterocycles. The van der Waals surface area contributed by atoms with Gasteiger partial charge in [-0.2, -0.15) is 9.57 Å². The van der Waals surface area contributed by atoms with Gasteiger partial charge in [0.05, 0.1) is 22.8 Å². The average Bonchev–Trinajstić information content (AvgIpc) is 3.28. The topological polar surface area (TPSA) is 118 Å². The molecule has 5 rings (SSSR count). The quantitative estimate of drug-likeness (QED) is 0.583. The van der Waals surface area contributed by atoms with Gasteiger partial charge in [0.1, 0.15) is 6.17 Å². The number of rotatable bonds is 5. The Labute approximate surface area is 201 Å². The molecule has 0 bridgehead atoms. The Balaban J connectivity index is 1.38. The molecule has 1 aromatic carbocycles. The van der Waals surface area contributed by atoms with E-state index in [0.29, 0.717) is 24.5 Å². The molecule has 3 heterocycles. The van der Waals surface area contributed by atoms with Gasteiger partial charge in [-0.15, -0.1) is 0 Å². The summed E-state index contributed by atoms with van der Waals surface area (Å²) in [4.78, 5) is 13.3. The van der Waals surface area contributed by atoms with Crippen LogP contribution in [0.2, 0.25) is 0 Å². The molecular formula is C24H34N6O3S. The van der Waals surface area contributed by atoms with Crippen molar-refractivity contribution in [2.75, 3.05) is 18.4 Å². The van der Waals surface area contributed by atoms with E-state index < -0.39 is 10.0 Å². The molecule has 5 atom stereocenters. The van der Waals surface area contributed by atoms with Crippen LogP contribution in [0.4, 0.5) is 5.69 Å². The van der Waals surface area contributed by atoms with Gasteiger partial charge in [-0.05, 0) is 48.9 Å². The molecule has 10 heteroatoms. The Hall–Kier alpha value is -2.19. The third-order valence-electron chi connectivity index (χ3n) is 7.63. The molecule has 34 heavy (non-hydrogen) atoms. The van der Waals surface area contributed by atoms with Gasteiger partial charge in [-0.3, -0.25) is 4.79 Å². The van der Waals surface area contributed by atoms with Gasteiger partial charge >= 0.3 is 0 Å². The van der Waals surface area contributed by atoms with Crippen molar-refractivity contribution >= 4 is 21.6 Å². The number of carbonyl (C=O) groups is 1. The van der Waals surface area contributed by atoms with Gasteiger partial charge in [0.25, 0.3) is 0 Å². The van der Waals surface area contributed by atoms with Crippen LogP contribution in [0.1, 0.15) is 51.5 Å². The first-order valence-electron chi connectivity index (χ1n) is 12.4. The number of benzene rings is 1. The van der Waals surface area contributed by atoms with E-state index in [2.05, 4.69) is 27.1 Å². The highest BCUT2D eigenvalue weighted by atomic mass is 32.2. The van der Waals surface area contributed by atoms with Crippen LogP contribution in [0.15, 0.2) is 23.1 Å². The molecule has 1 saturated carbocycles. The van der Waals surface area contributed by atoms with Gasteiger partial charge in [0.2, 0.25) is 15.9 Å². The van der Waals surface area contributed by atoms with Crippen LogP contribution >= 0.6 is 0 Å². The summed E-state index contributed by atoms with van der Waals surface area (Å²) < 4.78 is 27.3. The molecule has 0 aromatic heterocycles. The van der Waals surface area contributed by atoms with Gasteiger partial charge in [0, 0.05) is 37.4 Å². The van der Waals surface area contributed by atoms with Crippen LogP contribution in [-0.2, 0) is 21.4 Å². The number of hydrazine groups is 1. The number of nitrogens with one attached hydrogen (secondary N) is 3. The van der Waals surface area contributed by atoms with Crippen LogP contribution in [0.5, 0.6) is 0 Å². The van der Waals surface area contributed by atoms with Crippen molar-refractivity contribution in [3.8, 4) is 6.07 Å². The molecule has 0 spiro atoms. The maximum Gasteiger partial charge on any atom is 0.243 e. The van der Waals surface area contributed by atoms with Gasteiger partial charge in [-0.25, -0.2) is 18.9 Å². The molecular weight excluding hydrogens is 452 g/mol. The number of hydrogen-bond acceptors (Lipinski definition) is 7. The second kappa shape index (κ2) is 9.11. The fraction of sp³-hybridized carbons (Fsp3) is 0.667. The molecule has 9 nitrogen and oxygen atoms in total. The fourth-order valence-electron chi connectivity index (χ4n) is 6.10. The zero-order valence-electron chi connectivity index (χ0n) is 19.8. The summed E-state index contributed by atoms with van der Waals surface area (Å²) in [5.74, 6) is -0.0683. The summed E-state index contributed by atoms with van der Waals surface area (Å²) in [6, 6.07) is 7.97. The first-order valence-corrected chi connectivity index (χ1v) is 13.8. The molecule has 1 aliphatic carbocycles. The average molecular weight is 487 g/mol. The van der Waals surface area contributed by atoms with E-state index >= 15 is 0 Å². The predicted molar refractivity (Wildman–Crippen MR) is 128 cm³/mol. The Morgan fingerprint density at radius 3 is 2.76 bits per heavy atom. The number of piperidine rings is 1. The van der Waals surface area contributed by atoms with Crippen molar-refractivity contribution in [2.24, 2.45) is 17.8 Å². The van der Waals surface area contributed by atoms with Crippen molar-refractivity contribution in [1.82, 2.24) is 20.1 Å². The van der Waals surface area contributed by atoms with Crippen LogP contribution in [0.25, 0.3) is 0 Å². The minimum absolute atomic E-state index is 0.0138. The smallest absolute Gasteiger partial charge is 0.243 e. The number of hydrogen-bond donors (Lipinski definition) is 3. The molecule has 3 N–H and O–H groups in total. The number of nitrogens with zero attached hydrogens (tertiary/aromatic N) is 3. The number of nitriles is 1. The van der Waals surface area contributed by atoms with E-state index in [4.69, 9.17) is 0 Å². The number of sulfonamides is 1. The Kier molecular flexibility index (Phi) is 6.31. The largest absolute Gasteiger partial charge is 0.368 e. The molecule has 1 aromatic rings. The standard InChI is InChI=1S/C24H34N6O3S/c1-15(2)13-29-14-17-11-18(7-8-21(17)34(29,32)33)27-23-22-20(9-10-26-24(22)31)30(28-23)19-6-4-3-5-16(19)12-25/h7-8,11,15-16,19-20,22-23,27-28H,3-6,9-10,13-14H2,1-2H3,(H,26,31)/t16-,19+,20?,22?,23?/m1/s1. The normalized spacial score (nSPS) is 33.2. The number of carbonyl (C=O) groups excluding carboxylic acids is 1. The summed E-state index contributed by atoms with van der Waals surface area (Å²) in [7, 11) is -3.46. The molecule has 3 unspecified atom stereocenters. The van der Waals surface area contributed by atoms with E-state index in [1.54, 1.807) is 12.1 Å². The lowest BCUT2D eigenvalue weighted by Gasteiger charge is -2.39. The lowest BCUT2D eigenvalue weighted by atomic mass is 9.83. The Morgan fingerprint density at radius 2 is 2.00 bits per heavy atom. The van der Waals surface area contributed by atoms with Gasteiger partial charge in [-0.1, -0.05) is 26.7 Å². The van der Waals surface area contributed by atoms with E-state index in [0.717, 1.165) is 43.4 Å². The first kappa shape index (κ1) is 23.5. The third-order valence-corrected chi connectivity index (χ3v) is 9.54. The van der Waals surface area contributed by atoms with E-state index in [9.17, 15) is 18.5 Å². The van der Waals surface area contributed by atoms with Crippen molar-refractivity contribution in [2.45, 2.75) is 75.6 Å². The molecule has 2 saturated heterocycles. The highest BCUT2D eigenvalue weighted by Gasteiger charge is 2.51. The van der Waals surface area contributed by atoms with Crippen LogP contribution in [0.3, 0.4) is 0 Å². The number of anilines is 1. The molecule has 4 aliphatic rings. The minimum atomic E-state index is -3.46. The zero-order valence-corrected chi connectivity index (χ0v) is 20.6. The second-order valence-electron chi connectivity index (χ2n) is 10.4. The number of fused-ring (bicyclic) bond motifs is 2. The first-order chi connectivity index (χ1) is 16.3. The highest BCUT2D eigenvalue weighted by molar-refractivity contribution is 7.89. The molecule has 184 valence electrons. The van der Waals surface area contributed by atoms with E-state index in [-0.39, 0.29) is 41.9 Å². The Morgan fingerprint density at radius 1 is 1.21 bits per heavy atom. The van der Waals surface area contributed by atoms with Crippen LogP contribution < -0.4 is 16.1 Å². The summed E-state index contributed by atoms with van der Waals surface area (Å²) >= 11 is 0. The summed E-state index contributed by atoms with van der Waals surface area (Å²) in [6.45, 7) is 5.52. The summed E-state index contributed by atoms with van der Waals surface area (Å²) in [6.07, 6.45) is 4.52.